The van der Waals surface area contributed by atoms with Crippen LogP contribution in [0.15, 0.2) is 24.3 Å². The second kappa shape index (κ2) is 6.84. The lowest BCUT2D eigenvalue weighted by Gasteiger charge is -2.32. The van der Waals surface area contributed by atoms with Gasteiger partial charge < -0.3 is 5.11 Å². The average Bonchev–Trinajstić information content (AvgIpc) is 3.03. The van der Waals surface area contributed by atoms with Crippen molar-refractivity contribution in [1.82, 2.24) is 4.90 Å². The van der Waals surface area contributed by atoms with Gasteiger partial charge in [0.25, 0.3) is 0 Å². The second-order valence-corrected chi connectivity index (χ2v) is 7.26. The first kappa shape index (κ1) is 14.9. The molecule has 0 spiro atoms. The highest BCUT2D eigenvalue weighted by atomic mass is 32.2. The van der Waals surface area contributed by atoms with Gasteiger partial charge in [-0.15, -0.1) is 0 Å². The minimum Gasteiger partial charge on any atom is -0.480 e. The van der Waals surface area contributed by atoms with Crippen molar-refractivity contribution in [2.75, 3.05) is 24.6 Å². The molecule has 1 aromatic carbocycles. The maximum absolute atomic E-state index is 11.7. The van der Waals surface area contributed by atoms with Gasteiger partial charge in [-0.1, -0.05) is 37.1 Å². The number of nitrogens with zero attached hydrogens (tertiary/aromatic N) is 1. The highest BCUT2D eigenvalue weighted by Gasteiger charge is 2.28. The molecule has 0 aromatic heterocycles. The minimum absolute atomic E-state index is 0.483. The van der Waals surface area contributed by atoms with E-state index < -0.39 is 12.0 Å². The number of hydrogen-bond donors (Lipinski definition) is 1. The van der Waals surface area contributed by atoms with Crippen molar-refractivity contribution >= 4 is 17.7 Å². The topological polar surface area (TPSA) is 40.5 Å². The molecule has 114 valence electrons. The van der Waals surface area contributed by atoms with E-state index in [0.29, 0.717) is 5.92 Å². The molecule has 1 heterocycles. The van der Waals surface area contributed by atoms with E-state index in [0.717, 1.165) is 30.2 Å². The Kier molecular flexibility index (Phi) is 4.86. The zero-order valence-corrected chi connectivity index (χ0v) is 13.1. The summed E-state index contributed by atoms with van der Waals surface area (Å²) in [7, 11) is 0. The Labute approximate surface area is 130 Å². The van der Waals surface area contributed by atoms with Gasteiger partial charge in [0.1, 0.15) is 6.04 Å². The average molecular weight is 305 g/mol. The molecule has 2 aliphatic rings. The van der Waals surface area contributed by atoms with Gasteiger partial charge in [0, 0.05) is 24.6 Å². The Balaban J connectivity index is 1.77. The van der Waals surface area contributed by atoms with Crippen LogP contribution in [0.25, 0.3) is 0 Å². The monoisotopic (exact) mass is 305 g/mol. The van der Waals surface area contributed by atoms with Crippen molar-refractivity contribution in [2.24, 2.45) is 0 Å². The first-order valence-electron chi connectivity index (χ1n) is 7.90. The molecule has 1 atom stereocenters. The lowest BCUT2D eigenvalue weighted by molar-refractivity contribution is -0.143. The van der Waals surface area contributed by atoms with Gasteiger partial charge in [0.15, 0.2) is 0 Å². The van der Waals surface area contributed by atoms with Gasteiger partial charge in [0.05, 0.1) is 0 Å². The summed E-state index contributed by atoms with van der Waals surface area (Å²) in [6, 6.07) is 7.89. The SMILES string of the molecule is O=C(O)[C@@H](c1ccc(C2CCCC2)cc1)N1CCSCC1. The first-order chi connectivity index (χ1) is 10.3. The molecule has 3 nitrogen and oxygen atoms in total. The van der Waals surface area contributed by atoms with Crippen molar-refractivity contribution in [3.8, 4) is 0 Å². The number of thioether (sulfide) groups is 1. The van der Waals surface area contributed by atoms with Crippen molar-refractivity contribution in [3.05, 3.63) is 35.4 Å². The molecule has 1 N–H and O–H groups in total. The van der Waals surface area contributed by atoms with E-state index in [2.05, 4.69) is 17.0 Å². The molecule has 4 heteroatoms. The minimum atomic E-state index is -0.726. The zero-order valence-electron chi connectivity index (χ0n) is 12.3. The summed E-state index contributed by atoms with van der Waals surface area (Å²) in [5, 5.41) is 9.61. The summed E-state index contributed by atoms with van der Waals surface area (Å²) in [5.74, 6) is 2.03. The molecule has 0 radical (unpaired) electrons. The summed E-state index contributed by atoms with van der Waals surface area (Å²) >= 11 is 1.91. The van der Waals surface area contributed by atoms with Crippen LogP contribution in [0, 0.1) is 0 Å². The number of carboxylic acids is 1. The second-order valence-electron chi connectivity index (χ2n) is 6.04. The lowest BCUT2D eigenvalue weighted by Crippen LogP contribution is -2.39. The fourth-order valence-electron chi connectivity index (χ4n) is 3.55. The van der Waals surface area contributed by atoms with E-state index in [1.54, 1.807) is 0 Å². The van der Waals surface area contributed by atoms with Crippen LogP contribution in [0.2, 0.25) is 0 Å². The fourth-order valence-corrected chi connectivity index (χ4v) is 4.49. The summed E-state index contributed by atoms with van der Waals surface area (Å²) in [5.41, 5.74) is 2.31. The molecule has 1 saturated heterocycles. The number of carboxylic acid groups (broad SMARTS) is 1. The standard InChI is InChI=1S/C17H23NO2S/c19-17(20)16(18-9-11-21-12-10-18)15-7-5-14(6-8-15)13-3-1-2-4-13/h5-8,13,16H,1-4,9-12H2,(H,19,20)/t16-/m1/s1. The number of hydrogen-bond acceptors (Lipinski definition) is 3. The maximum atomic E-state index is 11.7. The van der Waals surface area contributed by atoms with Crippen LogP contribution in [0.1, 0.15) is 48.8 Å². The Morgan fingerprint density at radius 3 is 2.33 bits per heavy atom. The summed E-state index contributed by atoms with van der Waals surface area (Å²) in [6.07, 6.45) is 5.22. The van der Waals surface area contributed by atoms with Gasteiger partial charge >= 0.3 is 5.97 Å². The van der Waals surface area contributed by atoms with E-state index in [-0.39, 0.29) is 0 Å². The quantitative estimate of drug-likeness (QED) is 0.924. The molecule has 2 fully saturated rings. The van der Waals surface area contributed by atoms with Gasteiger partial charge in [0.2, 0.25) is 0 Å². The Bertz CT molecular complexity index is 476. The predicted molar refractivity (Wildman–Crippen MR) is 86.9 cm³/mol. The maximum Gasteiger partial charge on any atom is 0.325 e. The third-order valence-corrected chi connectivity index (χ3v) is 5.67. The van der Waals surface area contributed by atoms with Crippen LogP contribution in [-0.4, -0.2) is 40.6 Å². The smallest absolute Gasteiger partial charge is 0.325 e. The molecular formula is C17H23NO2S. The molecule has 0 bridgehead atoms. The van der Waals surface area contributed by atoms with E-state index in [1.165, 1.54) is 31.2 Å². The third-order valence-electron chi connectivity index (χ3n) is 4.72. The van der Waals surface area contributed by atoms with Crippen molar-refractivity contribution in [2.45, 2.75) is 37.6 Å². The van der Waals surface area contributed by atoms with Crippen LogP contribution in [0.3, 0.4) is 0 Å². The number of carbonyl (C=O) groups is 1. The molecule has 21 heavy (non-hydrogen) atoms. The van der Waals surface area contributed by atoms with Crippen LogP contribution in [0.5, 0.6) is 0 Å². The number of aliphatic carboxylic acids is 1. The third kappa shape index (κ3) is 3.43. The summed E-state index contributed by atoms with van der Waals surface area (Å²) in [4.78, 5) is 13.8. The molecule has 1 saturated carbocycles. The van der Waals surface area contributed by atoms with Gasteiger partial charge in [-0.3, -0.25) is 9.69 Å². The molecular weight excluding hydrogens is 282 g/mol. The van der Waals surface area contributed by atoms with Crippen LogP contribution < -0.4 is 0 Å². The van der Waals surface area contributed by atoms with E-state index in [1.807, 2.05) is 23.9 Å². The predicted octanol–water partition coefficient (Wildman–Crippen LogP) is 3.52. The highest BCUT2D eigenvalue weighted by Crippen LogP contribution is 2.35. The molecule has 1 aliphatic carbocycles. The zero-order chi connectivity index (χ0) is 14.7. The van der Waals surface area contributed by atoms with Gasteiger partial charge in [-0.2, -0.15) is 11.8 Å². The summed E-state index contributed by atoms with van der Waals surface area (Å²) < 4.78 is 0. The van der Waals surface area contributed by atoms with Crippen LogP contribution >= 0.6 is 11.8 Å². The first-order valence-corrected chi connectivity index (χ1v) is 9.05. The van der Waals surface area contributed by atoms with Crippen molar-refractivity contribution in [1.29, 1.82) is 0 Å². The van der Waals surface area contributed by atoms with Crippen LogP contribution in [0.4, 0.5) is 0 Å². The van der Waals surface area contributed by atoms with E-state index >= 15 is 0 Å². The highest BCUT2D eigenvalue weighted by molar-refractivity contribution is 7.99. The van der Waals surface area contributed by atoms with Crippen molar-refractivity contribution < 1.29 is 9.90 Å². The van der Waals surface area contributed by atoms with Crippen molar-refractivity contribution in [3.63, 3.8) is 0 Å². The van der Waals surface area contributed by atoms with Crippen LogP contribution in [-0.2, 0) is 4.79 Å². The fraction of sp³-hybridized carbons (Fsp3) is 0.588. The molecule has 3 rings (SSSR count). The normalized spacial score (nSPS) is 22.3. The Morgan fingerprint density at radius 1 is 1.14 bits per heavy atom. The number of benzene rings is 1. The molecule has 0 unspecified atom stereocenters. The largest absolute Gasteiger partial charge is 0.480 e. The van der Waals surface area contributed by atoms with Gasteiger partial charge in [-0.25, -0.2) is 0 Å². The molecule has 1 aromatic rings. The number of rotatable bonds is 4. The van der Waals surface area contributed by atoms with E-state index in [9.17, 15) is 9.90 Å². The molecule has 0 amide bonds. The van der Waals surface area contributed by atoms with Gasteiger partial charge in [-0.05, 0) is 29.9 Å². The summed E-state index contributed by atoms with van der Waals surface area (Å²) in [6.45, 7) is 1.73. The Morgan fingerprint density at radius 2 is 1.76 bits per heavy atom. The Hall–Kier alpha value is -1.00. The lowest BCUT2D eigenvalue weighted by atomic mass is 9.95. The molecule has 1 aliphatic heterocycles. The van der Waals surface area contributed by atoms with E-state index in [4.69, 9.17) is 0 Å².